The molecular weight excluding hydrogens is 294 g/mol. The fraction of sp³-hybridized carbons (Fsp3) is 0.105. The molecule has 0 aliphatic carbocycles. The highest BCUT2D eigenvalue weighted by molar-refractivity contribution is 6.33. The molecule has 3 aromatic rings. The Balaban J connectivity index is 1.82. The van der Waals surface area contributed by atoms with Gasteiger partial charge in [0.25, 0.3) is 5.91 Å². The van der Waals surface area contributed by atoms with E-state index in [-0.39, 0.29) is 11.9 Å². The third-order valence-electron chi connectivity index (χ3n) is 3.74. The Hall–Kier alpha value is -2.32. The molecule has 0 saturated heterocycles. The van der Waals surface area contributed by atoms with Crippen molar-refractivity contribution >= 4 is 28.3 Å². The maximum atomic E-state index is 12.3. The molecule has 0 spiro atoms. The number of halogens is 1. The van der Waals surface area contributed by atoms with Crippen molar-refractivity contribution in [3.8, 4) is 0 Å². The van der Waals surface area contributed by atoms with Gasteiger partial charge in [0, 0.05) is 0 Å². The van der Waals surface area contributed by atoms with Gasteiger partial charge in [0.15, 0.2) is 0 Å². The average molecular weight is 310 g/mol. The summed E-state index contributed by atoms with van der Waals surface area (Å²) in [6.07, 6.45) is 0. The molecule has 0 saturated carbocycles. The van der Waals surface area contributed by atoms with Crippen molar-refractivity contribution in [3.63, 3.8) is 0 Å². The van der Waals surface area contributed by atoms with E-state index in [1.807, 2.05) is 37.3 Å². The number of carbonyl (C=O) groups excluding carboxylic acids is 1. The number of fused-ring (bicyclic) bond motifs is 1. The van der Waals surface area contributed by atoms with E-state index in [4.69, 9.17) is 11.6 Å². The van der Waals surface area contributed by atoms with Crippen molar-refractivity contribution in [2.75, 3.05) is 0 Å². The third kappa shape index (κ3) is 2.97. The Morgan fingerprint density at radius 1 is 0.955 bits per heavy atom. The highest BCUT2D eigenvalue weighted by atomic mass is 35.5. The molecule has 1 atom stereocenters. The van der Waals surface area contributed by atoms with Crippen LogP contribution in [0.2, 0.25) is 5.02 Å². The summed E-state index contributed by atoms with van der Waals surface area (Å²) >= 11 is 6.07. The van der Waals surface area contributed by atoms with E-state index < -0.39 is 0 Å². The second-order valence-corrected chi connectivity index (χ2v) is 5.69. The summed E-state index contributed by atoms with van der Waals surface area (Å²) in [6, 6.07) is 21.4. The molecule has 2 nitrogen and oxygen atoms in total. The number of benzene rings is 3. The molecule has 0 bridgehead atoms. The van der Waals surface area contributed by atoms with Gasteiger partial charge >= 0.3 is 0 Å². The molecule has 3 aromatic carbocycles. The minimum absolute atomic E-state index is 0.0895. The van der Waals surface area contributed by atoms with E-state index >= 15 is 0 Å². The van der Waals surface area contributed by atoms with Crippen molar-refractivity contribution in [1.29, 1.82) is 0 Å². The summed E-state index contributed by atoms with van der Waals surface area (Å²) in [5, 5.41) is 5.81. The first kappa shape index (κ1) is 14.6. The van der Waals surface area contributed by atoms with Crippen LogP contribution in [0.4, 0.5) is 0 Å². The van der Waals surface area contributed by atoms with Gasteiger partial charge in [-0.2, -0.15) is 0 Å². The lowest BCUT2D eigenvalue weighted by Crippen LogP contribution is -2.26. The summed E-state index contributed by atoms with van der Waals surface area (Å²) in [4.78, 5) is 12.3. The predicted molar refractivity (Wildman–Crippen MR) is 91.3 cm³/mol. The lowest BCUT2D eigenvalue weighted by molar-refractivity contribution is 0.0940. The topological polar surface area (TPSA) is 29.1 Å². The van der Waals surface area contributed by atoms with Crippen LogP contribution in [-0.2, 0) is 0 Å². The van der Waals surface area contributed by atoms with Crippen LogP contribution in [0.25, 0.3) is 10.8 Å². The van der Waals surface area contributed by atoms with E-state index in [0.717, 1.165) is 5.56 Å². The summed E-state index contributed by atoms with van der Waals surface area (Å²) < 4.78 is 0. The first-order chi connectivity index (χ1) is 10.6. The quantitative estimate of drug-likeness (QED) is 0.726. The molecule has 1 N–H and O–H groups in total. The molecule has 3 rings (SSSR count). The molecule has 110 valence electrons. The van der Waals surface area contributed by atoms with E-state index in [1.165, 1.54) is 10.8 Å². The molecule has 3 heteroatoms. The van der Waals surface area contributed by atoms with E-state index in [9.17, 15) is 4.79 Å². The zero-order valence-corrected chi connectivity index (χ0v) is 13.0. The third-order valence-corrected chi connectivity index (χ3v) is 4.07. The second-order valence-electron chi connectivity index (χ2n) is 5.28. The summed E-state index contributed by atoms with van der Waals surface area (Å²) in [7, 11) is 0. The van der Waals surface area contributed by atoms with Crippen LogP contribution < -0.4 is 5.32 Å². The fourth-order valence-electron chi connectivity index (χ4n) is 2.48. The molecule has 22 heavy (non-hydrogen) atoms. The summed E-state index contributed by atoms with van der Waals surface area (Å²) in [5.41, 5.74) is 1.57. The standard InChI is InChI=1S/C19H16ClNO/c1-13(21-19(22)17-8-4-5-9-18(17)20)15-11-10-14-6-2-3-7-16(14)12-15/h2-13H,1H3,(H,21,22). The number of carbonyl (C=O) groups is 1. The van der Waals surface area contributed by atoms with Gasteiger partial charge in [-0.15, -0.1) is 0 Å². The monoisotopic (exact) mass is 309 g/mol. The number of nitrogens with one attached hydrogen (secondary N) is 1. The Morgan fingerprint density at radius 2 is 1.64 bits per heavy atom. The molecule has 0 radical (unpaired) electrons. The zero-order chi connectivity index (χ0) is 15.5. The molecule has 1 unspecified atom stereocenters. The van der Waals surface area contributed by atoms with Gasteiger partial charge in [0.2, 0.25) is 0 Å². The van der Waals surface area contributed by atoms with Crippen molar-refractivity contribution < 1.29 is 4.79 Å². The van der Waals surface area contributed by atoms with Crippen LogP contribution in [-0.4, -0.2) is 5.91 Å². The first-order valence-electron chi connectivity index (χ1n) is 7.19. The van der Waals surface area contributed by atoms with Crippen LogP contribution in [0.3, 0.4) is 0 Å². The van der Waals surface area contributed by atoms with E-state index in [2.05, 4.69) is 29.6 Å². The van der Waals surface area contributed by atoms with Crippen LogP contribution in [0.15, 0.2) is 66.7 Å². The van der Waals surface area contributed by atoms with Crippen molar-refractivity contribution in [3.05, 3.63) is 82.9 Å². The largest absolute Gasteiger partial charge is 0.345 e. The van der Waals surface area contributed by atoms with Gasteiger partial charge in [0.1, 0.15) is 0 Å². The number of hydrogen-bond donors (Lipinski definition) is 1. The zero-order valence-electron chi connectivity index (χ0n) is 12.2. The van der Waals surface area contributed by atoms with Gasteiger partial charge in [-0.05, 0) is 41.5 Å². The Labute approximate surface area is 134 Å². The maximum absolute atomic E-state index is 12.3. The minimum atomic E-state index is -0.161. The fourth-order valence-corrected chi connectivity index (χ4v) is 2.70. The summed E-state index contributed by atoms with van der Waals surface area (Å²) in [5.74, 6) is -0.161. The molecule has 0 heterocycles. The smallest absolute Gasteiger partial charge is 0.253 e. The van der Waals surface area contributed by atoms with Crippen molar-refractivity contribution in [2.24, 2.45) is 0 Å². The van der Waals surface area contributed by atoms with Gasteiger partial charge in [-0.3, -0.25) is 4.79 Å². The summed E-state index contributed by atoms with van der Waals surface area (Å²) in [6.45, 7) is 1.97. The minimum Gasteiger partial charge on any atom is -0.345 e. The van der Waals surface area contributed by atoms with Gasteiger partial charge in [-0.1, -0.05) is 60.1 Å². The Morgan fingerprint density at radius 3 is 2.41 bits per heavy atom. The number of rotatable bonds is 3. The predicted octanol–water partition coefficient (Wildman–Crippen LogP) is 4.98. The van der Waals surface area contributed by atoms with Crippen molar-refractivity contribution in [1.82, 2.24) is 5.32 Å². The molecule has 1 amide bonds. The lowest BCUT2D eigenvalue weighted by atomic mass is 10.0. The number of hydrogen-bond acceptors (Lipinski definition) is 1. The van der Waals surface area contributed by atoms with Crippen LogP contribution in [0, 0.1) is 0 Å². The van der Waals surface area contributed by atoms with Gasteiger partial charge in [-0.25, -0.2) is 0 Å². The Kier molecular flexibility index (Phi) is 4.12. The highest BCUT2D eigenvalue weighted by Crippen LogP contribution is 2.21. The normalized spacial score (nSPS) is 12.1. The van der Waals surface area contributed by atoms with Crippen LogP contribution in [0.1, 0.15) is 28.9 Å². The van der Waals surface area contributed by atoms with E-state index in [0.29, 0.717) is 10.6 Å². The lowest BCUT2D eigenvalue weighted by Gasteiger charge is -2.15. The van der Waals surface area contributed by atoms with Crippen molar-refractivity contribution in [2.45, 2.75) is 13.0 Å². The van der Waals surface area contributed by atoms with Gasteiger partial charge in [0.05, 0.1) is 16.6 Å². The van der Waals surface area contributed by atoms with Crippen LogP contribution in [0.5, 0.6) is 0 Å². The number of amides is 1. The average Bonchev–Trinajstić information content (AvgIpc) is 2.54. The van der Waals surface area contributed by atoms with Gasteiger partial charge < -0.3 is 5.32 Å². The molecule has 0 aliphatic heterocycles. The Bertz CT molecular complexity index is 828. The molecule has 0 aromatic heterocycles. The first-order valence-corrected chi connectivity index (χ1v) is 7.57. The molecule has 0 fully saturated rings. The highest BCUT2D eigenvalue weighted by Gasteiger charge is 2.14. The SMILES string of the molecule is CC(NC(=O)c1ccccc1Cl)c1ccc2ccccc2c1. The molecular formula is C19H16ClNO. The van der Waals surface area contributed by atoms with Crippen LogP contribution >= 0.6 is 11.6 Å². The second kappa shape index (κ2) is 6.20. The maximum Gasteiger partial charge on any atom is 0.253 e. The van der Waals surface area contributed by atoms with E-state index in [1.54, 1.807) is 12.1 Å². The molecule has 0 aliphatic rings.